The standard InChI is InChI=1S/C50H89NO5/c1-3-5-7-9-11-13-14-15-17-21-24-28-32-36-40-44-50(55)56-45-41-37-33-29-25-22-19-16-18-20-23-27-31-35-39-43-49(54)51-47(46-52)48(53)42-38-34-30-26-12-10-8-6-4-2/h11,13,15-17,19,22,25,38,42,47-48,52-53H,3-10,12,14,18,20-21,23-24,26-37,39-41,43-46H2,1-2H3,(H,51,54)/b13-11-,17-15-,19-16-,25-22-,42-38+. The minimum absolute atomic E-state index is 0.0387. The number of carbonyl (C=O) groups excluding carboxylic acids is 2. The first-order valence-corrected chi connectivity index (χ1v) is 23.6. The summed E-state index contributed by atoms with van der Waals surface area (Å²) < 4.78 is 5.42. The first-order chi connectivity index (χ1) is 27.5. The number of amides is 1. The zero-order valence-corrected chi connectivity index (χ0v) is 36.6. The number of unbranched alkanes of at least 4 members (excludes halogenated alkanes) is 24. The van der Waals surface area contributed by atoms with E-state index < -0.39 is 12.1 Å². The van der Waals surface area contributed by atoms with Gasteiger partial charge in [-0.05, 0) is 96.3 Å². The molecular weight excluding hydrogens is 695 g/mol. The maximum absolute atomic E-state index is 12.3. The van der Waals surface area contributed by atoms with Crippen molar-refractivity contribution in [3.05, 3.63) is 60.8 Å². The zero-order chi connectivity index (χ0) is 40.8. The number of aliphatic hydroxyl groups excluding tert-OH is 2. The molecule has 0 saturated heterocycles. The molecule has 0 aliphatic rings. The van der Waals surface area contributed by atoms with E-state index in [-0.39, 0.29) is 18.5 Å². The molecule has 0 radical (unpaired) electrons. The molecule has 0 spiro atoms. The molecule has 1 amide bonds. The van der Waals surface area contributed by atoms with Crippen LogP contribution in [0.2, 0.25) is 0 Å². The molecule has 6 nitrogen and oxygen atoms in total. The van der Waals surface area contributed by atoms with Gasteiger partial charge < -0.3 is 20.3 Å². The van der Waals surface area contributed by atoms with E-state index in [2.05, 4.69) is 67.8 Å². The number of ether oxygens (including phenoxy) is 1. The maximum atomic E-state index is 12.3. The third-order valence-electron chi connectivity index (χ3n) is 10.3. The first kappa shape index (κ1) is 53.6. The molecule has 0 aromatic carbocycles. The number of rotatable bonds is 42. The lowest BCUT2D eigenvalue weighted by molar-refractivity contribution is -0.143. The van der Waals surface area contributed by atoms with Crippen LogP contribution in [0.1, 0.15) is 219 Å². The van der Waals surface area contributed by atoms with Gasteiger partial charge in [-0.1, -0.05) is 171 Å². The first-order valence-electron chi connectivity index (χ1n) is 23.6. The summed E-state index contributed by atoms with van der Waals surface area (Å²) in [6, 6.07) is -0.644. The van der Waals surface area contributed by atoms with Gasteiger partial charge in [0, 0.05) is 12.8 Å². The summed E-state index contributed by atoms with van der Waals surface area (Å²) in [7, 11) is 0. The fraction of sp³-hybridized carbons (Fsp3) is 0.760. The van der Waals surface area contributed by atoms with E-state index in [1.807, 2.05) is 6.08 Å². The van der Waals surface area contributed by atoms with Gasteiger partial charge in [-0.25, -0.2) is 0 Å². The molecule has 2 unspecified atom stereocenters. The number of esters is 1. The molecule has 0 heterocycles. The van der Waals surface area contributed by atoms with E-state index >= 15 is 0 Å². The fourth-order valence-electron chi connectivity index (χ4n) is 6.59. The summed E-state index contributed by atoms with van der Waals surface area (Å²) in [5.41, 5.74) is 0. The molecule has 0 bridgehead atoms. The number of nitrogens with one attached hydrogen (secondary N) is 1. The average Bonchev–Trinajstić information content (AvgIpc) is 3.20. The van der Waals surface area contributed by atoms with Crippen LogP contribution >= 0.6 is 0 Å². The van der Waals surface area contributed by atoms with Crippen molar-refractivity contribution in [3.8, 4) is 0 Å². The van der Waals surface area contributed by atoms with Crippen molar-refractivity contribution < 1.29 is 24.5 Å². The smallest absolute Gasteiger partial charge is 0.305 e. The number of allylic oxidation sites excluding steroid dienone is 9. The van der Waals surface area contributed by atoms with Crippen molar-refractivity contribution in [3.63, 3.8) is 0 Å². The highest BCUT2D eigenvalue weighted by Crippen LogP contribution is 2.12. The largest absolute Gasteiger partial charge is 0.466 e. The van der Waals surface area contributed by atoms with Crippen molar-refractivity contribution in [2.24, 2.45) is 0 Å². The Morgan fingerprint density at radius 1 is 0.518 bits per heavy atom. The molecule has 0 fully saturated rings. The summed E-state index contributed by atoms with van der Waals surface area (Å²) in [6.07, 6.45) is 56.4. The molecule has 0 aromatic rings. The minimum Gasteiger partial charge on any atom is -0.466 e. The lowest BCUT2D eigenvalue weighted by Gasteiger charge is -2.20. The minimum atomic E-state index is -0.858. The monoisotopic (exact) mass is 784 g/mol. The Labute approximate surface area is 346 Å². The Hall–Kier alpha value is -2.44. The van der Waals surface area contributed by atoms with Crippen LogP contribution in [-0.4, -0.2) is 47.4 Å². The van der Waals surface area contributed by atoms with E-state index in [1.54, 1.807) is 6.08 Å². The third-order valence-corrected chi connectivity index (χ3v) is 10.3. The van der Waals surface area contributed by atoms with Crippen molar-refractivity contribution in [1.82, 2.24) is 5.32 Å². The average molecular weight is 784 g/mol. The Kier molecular flexibility index (Phi) is 43.3. The molecule has 0 rings (SSSR count). The molecular formula is C50H89NO5. The molecule has 56 heavy (non-hydrogen) atoms. The highest BCUT2D eigenvalue weighted by atomic mass is 16.5. The van der Waals surface area contributed by atoms with Crippen molar-refractivity contribution in [2.45, 2.75) is 231 Å². The number of carbonyl (C=O) groups is 2. The fourth-order valence-corrected chi connectivity index (χ4v) is 6.59. The van der Waals surface area contributed by atoms with Crippen LogP contribution in [0.15, 0.2) is 60.8 Å². The van der Waals surface area contributed by atoms with Crippen molar-refractivity contribution in [2.75, 3.05) is 13.2 Å². The Balaban J connectivity index is 3.56. The molecule has 6 heteroatoms. The van der Waals surface area contributed by atoms with Gasteiger partial charge in [0.05, 0.1) is 25.4 Å². The van der Waals surface area contributed by atoms with Crippen LogP contribution in [-0.2, 0) is 14.3 Å². The van der Waals surface area contributed by atoms with Crippen LogP contribution < -0.4 is 5.32 Å². The highest BCUT2D eigenvalue weighted by Gasteiger charge is 2.18. The van der Waals surface area contributed by atoms with E-state index in [1.165, 1.54) is 103 Å². The topological polar surface area (TPSA) is 95.9 Å². The van der Waals surface area contributed by atoms with Crippen molar-refractivity contribution >= 4 is 11.9 Å². The van der Waals surface area contributed by atoms with Crippen LogP contribution in [0, 0.1) is 0 Å². The van der Waals surface area contributed by atoms with E-state index in [0.29, 0.717) is 19.4 Å². The highest BCUT2D eigenvalue weighted by molar-refractivity contribution is 5.76. The molecule has 0 saturated carbocycles. The van der Waals surface area contributed by atoms with Gasteiger partial charge in [-0.3, -0.25) is 9.59 Å². The molecule has 324 valence electrons. The maximum Gasteiger partial charge on any atom is 0.305 e. The van der Waals surface area contributed by atoms with E-state index in [0.717, 1.165) is 89.9 Å². The van der Waals surface area contributed by atoms with Crippen LogP contribution in [0.5, 0.6) is 0 Å². The van der Waals surface area contributed by atoms with Crippen molar-refractivity contribution in [1.29, 1.82) is 0 Å². The Morgan fingerprint density at radius 2 is 0.946 bits per heavy atom. The Bertz CT molecular complexity index is 999. The molecule has 2 atom stereocenters. The summed E-state index contributed by atoms with van der Waals surface area (Å²) in [4.78, 5) is 24.3. The number of hydrogen-bond donors (Lipinski definition) is 3. The lowest BCUT2D eigenvalue weighted by Crippen LogP contribution is -2.45. The predicted molar refractivity (Wildman–Crippen MR) is 241 cm³/mol. The summed E-state index contributed by atoms with van der Waals surface area (Å²) in [5.74, 6) is -0.135. The summed E-state index contributed by atoms with van der Waals surface area (Å²) >= 11 is 0. The van der Waals surface area contributed by atoms with E-state index in [9.17, 15) is 19.8 Å². The van der Waals surface area contributed by atoms with Crippen LogP contribution in [0.4, 0.5) is 0 Å². The second-order valence-corrected chi connectivity index (χ2v) is 15.8. The second-order valence-electron chi connectivity index (χ2n) is 15.8. The molecule has 0 aliphatic heterocycles. The van der Waals surface area contributed by atoms with Crippen LogP contribution in [0.25, 0.3) is 0 Å². The van der Waals surface area contributed by atoms with Gasteiger partial charge in [0.25, 0.3) is 0 Å². The number of hydrogen-bond acceptors (Lipinski definition) is 5. The number of aliphatic hydroxyl groups is 2. The zero-order valence-electron chi connectivity index (χ0n) is 36.6. The van der Waals surface area contributed by atoms with Gasteiger partial charge in [0.2, 0.25) is 5.91 Å². The van der Waals surface area contributed by atoms with E-state index in [4.69, 9.17) is 4.74 Å². The van der Waals surface area contributed by atoms with Gasteiger partial charge in [-0.15, -0.1) is 0 Å². The third kappa shape index (κ3) is 41.2. The quantitative estimate of drug-likeness (QED) is 0.0248. The SMILES string of the molecule is CCCCC/C=C\C/C=C\CCCCCCCC(=O)OCCCCC/C=C\C=C/CCCCCCCCC(=O)NC(CO)C(O)/C=C/CCCCCCCCC. The molecule has 3 N–H and O–H groups in total. The molecule has 0 aromatic heterocycles. The van der Waals surface area contributed by atoms with Gasteiger partial charge >= 0.3 is 5.97 Å². The van der Waals surface area contributed by atoms with Gasteiger partial charge in [0.15, 0.2) is 0 Å². The summed E-state index contributed by atoms with van der Waals surface area (Å²) in [6.45, 7) is 4.76. The molecule has 0 aliphatic carbocycles. The van der Waals surface area contributed by atoms with Gasteiger partial charge in [0.1, 0.15) is 0 Å². The predicted octanol–water partition coefficient (Wildman–Crippen LogP) is 13.7. The summed E-state index contributed by atoms with van der Waals surface area (Å²) in [5, 5.41) is 22.8. The lowest BCUT2D eigenvalue weighted by atomic mass is 10.1. The normalized spacial score (nSPS) is 13.3. The Morgan fingerprint density at radius 3 is 1.50 bits per heavy atom. The van der Waals surface area contributed by atoms with Gasteiger partial charge in [-0.2, -0.15) is 0 Å². The second kappa shape index (κ2) is 45.3. The van der Waals surface area contributed by atoms with Crippen LogP contribution in [0.3, 0.4) is 0 Å².